The first-order valence-electron chi connectivity index (χ1n) is 7.45. The Morgan fingerprint density at radius 1 is 1.46 bits per heavy atom. The highest BCUT2D eigenvalue weighted by Crippen LogP contribution is 2.30. The van der Waals surface area contributed by atoms with Crippen molar-refractivity contribution in [3.05, 3.63) is 35.0 Å². The van der Waals surface area contributed by atoms with Crippen molar-refractivity contribution in [2.45, 2.75) is 25.5 Å². The van der Waals surface area contributed by atoms with E-state index in [9.17, 15) is 13.6 Å². The Kier molecular flexibility index (Phi) is 5.11. The van der Waals surface area contributed by atoms with Crippen molar-refractivity contribution in [3.63, 3.8) is 0 Å². The number of hydrogen-bond acceptors (Lipinski definition) is 4. The maximum Gasteiger partial charge on any atom is 0.387 e. The summed E-state index contributed by atoms with van der Waals surface area (Å²) in [6, 6.07) is 4.36. The van der Waals surface area contributed by atoms with Gasteiger partial charge < -0.3 is 14.8 Å². The smallest absolute Gasteiger partial charge is 0.387 e. The Hall–Kier alpha value is -1.99. The van der Waals surface area contributed by atoms with Crippen LogP contribution in [-0.4, -0.2) is 36.8 Å². The largest absolute Gasteiger partial charge is 0.433 e. The van der Waals surface area contributed by atoms with E-state index in [1.54, 1.807) is 6.07 Å². The molecule has 1 saturated heterocycles. The van der Waals surface area contributed by atoms with E-state index < -0.39 is 6.61 Å². The highest BCUT2D eigenvalue weighted by Gasteiger charge is 2.18. The molecule has 1 atom stereocenters. The lowest BCUT2D eigenvalue weighted by molar-refractivity contribution is -0.0497. The molecule has 1 aromatic heterocycles. The summed E-state index contributed by atoms with van der Waals surface area (Å²) in [5.74, 6) is -0.410. The van der Waals surface area contributed by atoms with E-state index >= 15 is 0 Å². The van der Waals surface area contributed by atoms with Crippen LogP contribution < -0.4 is 10.1 Å². The molecule has 1 aromatic carbocycles. The number of rotatable bonds is 4. The predicted molar refractivity (Wildman–Crippen MR) is 86.8 cm³/mol. The fourth-order valence-electron chi connectivity index (χ4n) is 2.56. The van der Waals surface area contributed by atoms with Gasteiger partial charge in [0.25, 0.3) is 5.91 Å². The molecule has 0 spiro atoms. The number of nitrogens with zero attached hydrogens (tertiary/aromatic N) is 1. The summed E-state index contributed by atoms with van der Waals surface area (Å²) in [4.78, 5) is 16.4. The molecule has 0 bridgehead atoms. The summed E-state index contributed by atoms with van der Waals surface area (Å²) in [6.45, 7) is -1.76. The van der Waals surface area contributed by atoms with Crippen LogP contribution in [0.1, 0.15) is 24.6 Å². The average Bonchev–Trinajstić information content (AvgIpc) is 2.55. The summed E-state index contributed by atoms with van der Waals surface area (Å²) >= 11 is 5.93. The number of ether oxygens (including phenoxy) is 2. The van der Waals surface area contributed by atoms with E-state index in [0.717, 1.165) is 12.8 Å². The van der Waals surface area contributed by atoms with E-state index in [-0.39, 0.29) is 24.1 Å². The van der Waals surface area contributed by atoms with Crippen LogP contribution in [0.15, 0.2) is 24.4 Å². The number of carbonyl (C=O) groups excluding carboxylic acids is 1. The van der Waals surface area contributed by atoms with Crippen LogP contribution in [0.25, 0.3) is 10.9 Å². The van der Waals surface area contributed by atoms with Gasteiger partial charge in [0, 0.05) is 25.7 Å². The summed E-state index contributed by atoms with van der Waals surface area (Å²) in [6.07, 6.45) is 3.16. The second-order valence-electron chi connectivity index (χ2n) is 5.47. The minimum Gasteiger partial charge on any atom is -0.433 e. The zero-order chi connectivity index (χ0) is 17.1. The Labute approximate surface area is 143 Å². The molecule has 0 saturated carbocycles. The fourth-order valence-corrected chi connectivity index (χ4v) is 2.78. The van der Waals surface area contributed by atoms with E-state index in [2.05, 4.69) is 15.0 Å². The molecule has 1 unspecified atom stereocenters. The highest BCUT2D eigenvalue weighted by molar-refractivity contribution is 6.32. The van der Waals surface area contributed by atoms with Crippen LogP contribution in [0.2, 0.25) is 5.02 Å². The second-order valence-corrected chi connectivity index (χ2v) is 5.87. The van der Waals surface area contributed by atoms with Crippen molar-refractivity contribution >= 4 is 28.4 Å². The molecule has 1 aliphatic rings. The molecule has 0 radical (unpaired) electrons. The van der Waals surface area contributed by atoms with Crippen molar-refractivity contribution < 1.29 is 24.5 Å². The van der Waals surface area contributed by atoms with Crippen LogP contribution in [0.4, 0.5) is 8.78 Å². The maximum absolute atomic E-state index is 12.3. The minimum absolute atomic E-state index is 0. The number of pyridine rings is 1. The first kappa shape index (κ1) is 16.9. The van der Waals surface area contributed by atoms with Gasteiger partial charge in [-0.05, 0) is 25.0 Å². The van der Waals surface area contributed by atoms with E-state index in [1.807, 2.05) is 0 Å². The monoisotopic (exact) mass is 358 g/mol. The fraction of sp³-hybridized carbons (Fsp3) is 0.375. The molecule has 2 heterocycles. The molecule has 3 rings (SSSR count). The molecule has 1 fully saturated rings. The lowest BCUT2D eigenvalue weighted by Gasteiger charge is -2.23. The predicted octanol–water partition coefficient (Wildman–Crippen LogP) is 3.64. The third-order valence-corrected chi connectivity index (χ3v) is 4.00. The third kappa shape index (κ3) is 3.91. The van der Waals surface area contributed by atoms with Gasteiger partial charge in [0.1, 0.15) is 5.75 Å². The van der Waals surface area contributed by atoms with Gasteiger partial charge in [0.15, 0.2) is 0 Å². The summed E-state index contributed by atoms with van der Waals surface area (Å²) in [5.41, 5.74) is 0.777. The molecule has 130 valence electrons. The molecule has 2 aromatic rings. The number of alkyl halides is 2. The van der Waals surface area contributed by atoms with E-state index in [0.29, 0.717) is 29.7 Å². The quantitative estimate of drug-likeness (QED) is 0.906. The summed E-state index contributed by atoms with van der Waals surface area (Å²) in [7, 11) is 0. The van der Waals surface area contributed by atoms with Crippen molar-refractivity contribution in [1.82, 2.24) is 10.3 Å². The van der Waals surface area contributed by atoms with Gasteiger partial charge in [-0.15, -0.1) is 0 Å². The van der Waals surface area contributed by atoms with Crippen molar-refractivity contribution in [2.24, 2.45) is 0 Å². The Balaban J connectivity index is 0.00000225. The molecule has 1 aliphatic heterocycles. The van der Waals surface area contributed by atoms with Gasteiger partial charge in [0.2, 0.25) is 0 Å². The number of amides is 1. The van der Waals surface area contributed by atoms with Crippen molar-refractivity contribution in [3.8, 4) is 5.75 Å². The number of benzene rings is 1. The highest BCUT2D eigenvalue weighted by atomic mass is 35.5. The first-order chi connectivity index (χ1) is 11.5. The Morgan fingerprint density at radius 3 is 3.00 bits per heavy atom. The van der Waals surface area contributed by atoms with Gasteiger partial charge >= 0.3 is 6.61 Å². The second kappa shape index (κ2) is 7.27. The Bertz CT molecular complexity index is 757. The van der Waals surface area contributed by atoms with Crippen LogP contribution in [0.3, 0.4) is 0 Å². The van der Waals surface area contributed by atoms with Gasteiger partial charge in [-0.2, -0.15) is 8.78 Å². The zero-order valence-corrected chi connectivity index (χ0v) is 13.4. The normalized spacial score (nSPS) is 17.9. The number of aromatic nitrogens is 1. The lowest BCUT2D eigenvalue weighted by atomic mass is 10.1. The molecule has 8 heteroatoms. The maximum atomic E-state index is 12.3. The van der Waals surface area contributed by atoms with Crippen LogP contribution >= 0.6 is 11.6 Å². The topological polar surface area (TPSA) is 60.5 Å². The molecule has 1 N–H and O–H groups in total. The number of nitrogens with one attached hydrogen (secondary N) is 1. The molecule has 5 nitrogen and oxygen atoms in total. The van der Waals surface area contributed by atoms with Crippen molar-refractivity contribution in [1.29, 1.82) is 0 Å². The van der Waals surface area contributed by atoms with Crippen LogP contribution in [0, 0.1) is 0 Å². The first-order valence-corrected chi connectivity index (χ1v) is 7.83. The number of halogens is 3. The minimum atomic E-state index is -2.97. The lowest BCUT2D eigenvalue weighted by Crippen LogP contribution is -2.40. The summed E-state index contributed by atoms with van der Waals surface area (Å²) in [5, 5.41) is 3.49. The third-order valence-electron chi connectivity index (χ3n) is 3.71. The van der Waals surface area contributed by atoms with Gasteiger partial charge in [-0.25, -0.2) is 0 Å². The molecular weight excluding hydrogens is 342 g/mol. The number of fused-ring (bicyclic) bond motifs is 1. The molecular formula is C16H17ClF2N2O3. The SMILES string of the molecule is O=C(NC1CCCOC1)c1cnc2cc(OC(F)F)c(Cl)cc2c1.[HH]. The molecule has 0 aliphatic carbocycles. The van der Waals surface area contributed by atoms with Crippen LogP contribution in [-0.2, 0) is 4.74 Å². The van der Waals surface area contributed by atoms with Gasteiger partial charge in [-0.3, -0.25) is 9.78 Å². The van der Waals surface area contributed by atoms with Crippen molar-refractivity contribution in [2.75, 3.05) is 13.2 Å². The Morgan fingerprint density at radius 2 is 2.29 bits per heavy atom. The van der Waals surface area contributed by atoms with E-state index in [4.69, 9.17) is 16.3 Å². The zero-order valence-electron chi connectivity index (χ0n) is 12.6. The average molecular weight is 359 g/mol. The standard InChI is InChI=1S/C16H15ClF2N2O3.H2/c17-12-5-9-4-10(15(22)21-11-2-1-3-23-8-11)7-20-13(9)6-14(12)24-16(18)19;/h4-7,11,16H,1-3,8H2,(H,21,22);1H. The summed E-state index contributed by atoms with van der Waals surface area (Å²) < 4.78 is 34.3. The van der Waals surface area contributed by atoms with Crippen LogP contribution in [0.5, 0.6) is 5.75 Å². The molecule has 1 amide bonds. The van der Waals surface area contributed by atoms with Gasteiger partial charge in [-0.1, -0.05) is 11.6 Å². The number of carbonyl (C=O) groups is 1. The van der Waals surface area contributed by atoms with E-state index in [1.165, 1.54) is 18.3 Å². The number of hydrogen-bond donors (Lipinski definition) is 1. The van der Waals surface area contributed by atoms with Gasteiger partial charge in [0.05, 0.1) is 28.8 Å². The molecule has 24 heavy (non-hydrogen) atoms.